The molecule has 0 spiro atoms. The molecule has 8 nitrogen and oxygen atoms in total. The fourth-order valence-corrected chi connectivity index (χ4v) is 1.25. The summed E-state index contributed by atoms with van der Waals surface area (Å²) in [7, 11) is 0. The van der Waals surface area contributed by atoms with Gasteiger partial charge in [0.15, 0.2) is 0 Å². The fraction of sp³-hybridized carbons (Fsp3) is 0.600. The van der Waals surface area contributed by atoms with Crippen LogP contribution in [0, 0.1) is 0 Å². The number of rotatable bonds is 8. The molecule has 100 valence electrons. The number of nitrogens with zero attached hydrogens (tertiary/aromatic N) is 2. The lowest BCUT2D eigenvalue weighted by atomic mass is 10.2. The maximum Gasteiger partial charge on any atom is 0.337 e. The zero-order valence-corrected chi connectivity index (χ0v) is 10.1. The molecule has 1 amide bonds. The Labute approximate surface area is 104 Å². The molecule has 1 aromatic rings. The Morgan fingerprint density at radius 3 is 2.78 bits per heavy atom. The van der Waals surface area contributed by atoms with E-state index in [0.29, 0.717) is 19.4 Å². The Hall–Kier alpha value is -2.12. The standard InChI is InChI=1S/C10H16N4O4/c1-2-18-10-12-9(13-14-10)11-7(15)5-3-4-6-8(16)17/h2-6H2,1H3,(H,16,17)(H2,11,12,13,14,15). The van der Waals surface area contributed by atoms with E-state index in [9.17, 15) is 9.59 Å². The predicted molar refractivity (Wildman–Crippen MR) is 62.3 cm³/mol. The second-order valence-corrected chi connectivity index (χ2v) is 3.55. The van der Waals surface area contributed by atoms with Gasteiger partial charge in [-0.15, -0.1) is 5.10 Å². The Bertz CT molecular complexity index is 404. The van der Waals surface area contributed by atoms with Gasteiger partial charge in [-0.2, -0.15) is 4.98 Å². The zero-order chi connectivity index (χ0) is 13.4. The number of carbonyl (C=O) groups is 2. The number of ether oxygens (including phenoxy) is 1. The SMILES string of the molecule is CCOc1n[nH]c(NC(=O)CCCCC(=O)O)n1. The number of aliphatic carboxylic acids is 1. The molecule has 0 atom stereocenters. The Morgan fingerprint density at radius 2 is 2.11 bits per heavy atom. The smallest absolute Gasteiger partial charge is 0.337 e. The molecule has 0 saturated heterocycles. The van der Waals surface area contributed by atoms with Crippen molar-refractivity contribution in [2.75, 3.05) is 11.9 Å². The van der Waals surface area contributed by atoms with Gasteiger partial charge in [-0.1, -0.05) is 0 Å². The Kier molecular flexibility index (Phi) is 5.62. The van der Waals surface area contributed by atoms with Gasteiger partial charge < -0.3 is 9.84 Å². The molecule has 0 aromatic carbocycles. The number of aromatic amines is 1. The first-order valence-electron chi connectivity index (χ1n) is 5.68. The number of hydrogen-bond donors (Lipinski definition) is 3. The molecular weight excluding hydrogens is 240 g/mol. The van der Waals surface area contributed by atoms with Crippen molar-refractivity contribution in [1.29, 1.82) is 0 Å². The molecule has 0 aliphatic heterocycles. The number of hydrogen-bond acceptors (Lipinski definition) is 5. The number of carbonyl (C=O) groups excluding carboxylic acids is 1. The number of carboxylic acids is 1. The Balaban J connectivity index is 2.24. The maximum absolute atomic E-state index is 11.4. The highest BCUT2D eigenvalue weighted by Gasteiger charge is 2.07. The van der Waals surface area contributed by atoms with Gasteiger partial charge >= 0.3 is 12.0 Å². The molecular formula is C10H16N4O4. The van der Waals surface area contributed by atoms with Gasteiger partial charge in [-0.3, -0.25) is 14.9 Å². The third-order valence-electron chi connectivity index (χ3n) is 2.04. The predicted octanol–water partition coefficient (Wildman–Crippen LogP) is 0.787. The molecule has 0 aliphatic carbocycles. The summed E-state index contributed by atoms with van der Waals surface area (Å²) in [5.74, 6) is -0.867. The van der Waals surface area contributed by atoms with Crippen molar-refractivity contribution >= 4 is 17.8 Å². The molecule has 0 radical (unpaired) electrons. The summed E-state index contributed by atoms with van der Waals surface area (Å²) in [5, 5.41) is 17.2. The zero-order valence-electron chi connectivity index (χ0n) is 10.1. The summed E-state index contributed by atoms with van der Waals surface area (Å²) >= 11 is 0. The average molecular weight is 256 g/mol. The van der Waals surface area contributed by atoms with Crippen LogP contribution >= 0.6 is 0 Å². The third-order valence-corrected chi connectivity index (χ3v) is 2.04. The minimum absolute atomic E-state index is 0.0735. The highest BCUT2D eigenvalue weighted by Crippen LogP contribution is 2.07. The van der Waals surface area contributed by atoms with Crippen molar-refractivity contribution in [2.24, 2.45) is 0 Å². The summed E-state index contributed by atoms with van der Waals surface area (Å²) in [6.45, 7) is 2.25. The van der Waals surface area contributed by atoms with Crippen LogP contribution in [0.25, 0.3) is 0 Å². The fourth-order valence-electron chi connectivity index (χ4n) is 1.25. The highest BCUT2D eigenvalue weighted by atomic mass is 16.5. The highest BCUT2D eigenvalue weighted by molar-refractivity contribution is 5.88. The van der Waals surface area contributed by atoms with Crippen LogP contribution in [0.5, 0.6) is 6.01 Å². The topological polar surface area (TPSA) is 117 Å². The van der Waals surface area contributed by atoms with E-state index in [1.807, 2.05) is 0 Å². The third kappa shape index (κ3) is 5.28. The summed E-state index contributed by atoms with van der Waals surface area (Å²) in [4.78, 5) is 25.6. The number of nitrogens with one attached hydrogen (secondary N) is 2. The number of amides is 1. The van der Waals surface area contributed by atoms with E-state index in [1.54, 1.807) is 6.92 Å². The van der Waals surface area contributed by atoms with Crippen LogP contribution in [0.4, 0.5) is 5.95 Å². The quantitative estimate of drug-likeness (QED) is 0.592. The van der Waals surface area contributed by atoms with Crippen LogP contribution in [-0.4, -0.2) is 38.8 Å². The molecule has 0 bridgehead atoms. The number of unbranched alkanes of at least 4 members (excludes halogenated alkanes) is 1. The first-order valence-corrected chi connectivity index (χ1v) is 5.68. The van der Waals surface area contributed by atoms with E-state index >= 15 is 0 Å². The number of anilines is 1. The van der Waals surface area contributed by atoms with Crippen molar-refractivity contribution < 1.29 is 19.4 Å². The largest absolute Gasteiger partial charge is 0.481 e. The molecule has 8 heteroatoms. The number of carboxylic acid groups (broad SMARTS) is 1. The van der Waals surface area contributed by atoms with Gasteiger partial charge in [0.2, 0.25) is 11.9 Å². The Morgan fingerprint density at radius 1 is 1.39 bits per heavy atom. The van der Waals surface area contributed by atoms with Gasteiger partial charge in [-0.05, 0) is 19.8 Å². The van der Waals surface area contributed by atoms with Crippen molar-refractivity contribution in [1.82, 2.24) is 15.2 Å². The van der Waals surface area contributed by atoms with Crippen molar-refractivity contribution in [2.45, 2.75) is 32.6 Å². The lowest BCUT2D eigenvalue weighted by Crippen LogP contribution is -2.12. The molecule has 0 unspecified atom stereocenters. The molecule has 0 fully saturated rings. The molecule has 3 N–H and O–H groups in total. The second kappa shape index (κ2) is 7.25. The van der Waals surface area contributed by atoms with Gasteiger partial charge in [0.1, 0.15) is 0 Å². The molecule has 0 aliphatic rings. The normalized spacial score (nSPS) is 10.1. The number of H-pyrrole nitrogens is 1. The van der Waals surface area contributed by atoms with Gasteiger partial charge in [0.05, 0.1) is 6.61 Å². The van der Waals surface area contributed by atoms with Crippen LogP contribution in [0.1, 0.15) is 32.6 Å². The van der Waals surface area contributed by atoms with E-state index in [4.69, 9.17) is 9.84 Å². The van der Waals surface area contributed by atoms with Crippen LogP contribution in [0.15, 0.2) is 0 Å². The molecule has 1 aromatic heterocycles. The van der Waals surface area contributed by atoms with E-state index in [-0.39, 0.29) is 30.7 Å². The first-order chi connectivity index (χ1) is 8.61. The summed E-state index contributed by atoms with van der Waals surface area (Å²) in [6, 6.07) is 0.179. The number of aromatic nitrogens is 3. The molecule has 18 heavy (non-hydrogen) atoms. The summed E-state index contributed by atoms with van der Waals surface area (Å²) in [6.07, 6.45) is 1.32. The van der Waals surface area contributed by atoms with E-state index < -0.39 is 5.97 Å². The van der Waals surface area contributed by atoms with Gasteiger partial charge in [0.25, 0.3) is 0 Å². The van der Waals surface area contributed by atoms with Crippen LogP contribution in [0.2, 0.25) is 0 Å². The van der Waals surface area contributed by atoms with Crippen LogP contribution in [0.3, 0.4) is 0 Å². The van der Waals surface area contributed by atoms with E-state index in [1.165, 1.54) is 0 Å². The van der Waals surface area contributed by atoms with Crippen molar-refractivity contribution in [3.05, 3.63) is 0 Å². The van der Waals surface area contributed by atoms with E-state index in [2.05, 4.69) is 20.5 Å². The molecule has 1 heterocycles. The van der Waals surface area contributed by atoms with Crippen molar-refractivity contribution in [3.8, 4) is 6.01 Å². The maximum atomic E-state index is 11.4. The first kappa shape index (κ1) is 13.9. The lowest BCUT2D eigenvalue weighted by molar-refractivity contribution is -0.137. The van der Waals surface area contributed by atoms with Crippen molar-refractivity contribution in [3.63, 3.8) is 0 Å². The molecule has 0 saturated carbocycles. The second-order valence-electron chi connectivity index (χ2n) is 3.55. The molecule has 1 rings (SSSR count). The van der Waals surface area contributed by atoms with E-state index in [0.717, 1.165) is 0 Å². The van der Waals surface area contributed by atoms with Gasteiger partial charge in [-0.25, -0.2) is 5.10 Å². The minimum atomic E-state index is -0.855. The summed E-state index contributed by atoms with van der Waals surface area (Å²) in [5.41, 5.74) is 0. The van der Waals surface area contributed by atoms with Crippen LogP contribution in [-0.2, 0) is 9.59 Å². The van der Waals surface area contributed by atoms with Gasteiger partial charge in [0, 0.05) is 12.8 Å². The monoisotopic (exact) mass is 256 g/mol. The lowest BCUT2D eigenvalue weighted by Gasteiger charge is -2.00. The average Bonchev–Trinajstić information content (AvgIpc) is 2.72. The van der Waals surface area contributed by atoms with Crippen LogP contribution < -0.4 is 10.1 Å². The minimum Gasteiger partial charge on any atom is -0.481 e. The summed E-state index contributed by atoms with van der Waals surface area (Å²) < 4.78 is 5.02.